The van der Waals surface area contributed by atoms with Gasteiger partial charge in [-0.2, -0.15) is 0 Å². The number of benzene rings is 2. The standard InChI is InChI=1S/C34H42N4O6/c1-34(2,3)30-32(40)38-20-23(17-27(38)31(35)39)44-29-18-25(21-12-9-7-10-13-21)36-26-19-28(42-4)22(16-24(26)29)14-8-5-6-11-15-43-33(41)37-30/h7,9-10,12-13,16,18-19,23,27,30H,5-6,8,11,14-15,17,20H2,1-4H3,(H2,35,39)(H,37,41)/t23-,27+,30-/m1/s1. The number of nitrogens with zero attached hydrogens (tertiary/aromatic N) is 2. The van der Waals surface area contributed by atoms with Crippen LogP contribution in [0.1, 0.15) is 58.4 Å². The monoisotopic (exact) mass is 602 g/mol. The van der Waals surface area contributed by atoms with Crippen LogP contribution in [0.25, 0.3) is 22.2 Å². The molecule has 4 bridgehead atoms. The first kappa shape index (κ1) is 31.1. The van der Waals surface area contributed by atoms with Crippen LogP contribution < -0.4 is 20.5 Å². The highest BCUT2D eigenvalue weighted by Crippen LogP contribution is 2.37. The van der Waals surface area contributed by atoms with Crippen LogP contribution in [0.5, 0.6) is 11.5 Å². The summed E-state index contributed by atoms with van der Waals surface area (Å²) in [5.41, 5.74) is 8.58. The van der Waals surface area contributed by atoms with Crippen LogP contribution in [0.15, 0.2) is 48.5 Å². The second-order valence-electron chi connectivity index (χ2n) is 12.7. The number of cyclic esters (lactones) is 1. The summed E-state index contributed by atoms with van der Waals surface area (Å²) in [6.45, 7) is 5.94. The van der Waals surface area contributed by atoms with Crippen LogP contribution in [0.4, 0.5) is 4.79 Å². The molecule has 2 aliphatic heterocycles. The van der Waals surface area contributed by atoms with Crippen LogP contribution in [0, 0.1) is 5.41 Å². The highest BCUT2D eigenvalue weighted by Gasteiger charge is 2.45. The van der Waals surface area contributed by atoms with Gasteiger partial charge < -0.3 is 30.2 Å². The van der Waals surface area contributed by atoms with Crippen molar-refractivity contribution < 1.29 is 28.6 Å². The predicted octanol–water partition coefficient (Wildman–Crippen LogP) is 5.00. The number of aryl methyl sites for hydroxylation is 1. The van der Waals surface area contributed by atoms with Crippen LogP contribution in [-0.4, -0.2) is 66.2 Å². The average molecular weight is 603 g/mol. The number of aromatic nitrogens is 1. The number of nitrogens with two attached hydrogens (primary N) is 1. The Kier molecular flexibility index (Phi) is 9.27. The molecule has 3 aromatic rings. The molecule has 0 spiro atoms. The largest absolute Gasteiger partial charge is 0.496 e. The highest BCUT2D eigenvalue weighted by molar-refractivity contribution is 5.92. The second-order valence-corrected chi connectivity index (χ2v) is 12.7. The molecule has 0 saturated carbocycles. The molecule has 10 heteroatoms. The molecule has 3 amide bonds. The van der Waals surface area contributed by atoms with Gasteiger partial charge in [-0.1, -0.05) is 63.9 Å². The van der Waals surface area contributed by atoms with Crippen molar-refractivity contribution in [1.82, 2.24) is 15.2 Å². The average Bonchev–Trinajstić information content (AvgIpc) is 3.42. The van der Waals surface area contributed by atoms with Gasteiger partial charge in [0.15, 0.2) is 0 Å². The van der Waals surface area contributed by atoms with E-state index in [2.05, 4.69) is 11.4 Å². The number of fused-ring (bicyclic) bond motifs is 3. The van der Waals surface area contributed by atoms with Gasteiger partial charge in [-0.05, 0) is 36.3 Å². The SMILES string of the molecule is COc1cc2nc(-c3ccccc3)cc3c2cc1CCCCCCOC(=O)N[C@@H](C(C)(C)C)C(=O)N1C[C@@H](C[C@H]1C(N)=O)O3. The maximum absolute atomic E-state index is 14.0. The first-order valence-electron chi connectivity index (χ1n) is 15.3. The molecule has 0 unspecified atom stereocenters. The van der Waals surface area contributed by atoms with Crippen LogP contribution >= 0.6 is 0 Å². The number of methoxy groups -OCH3 is 1. The number of pyridine rings is 1. The van der Waals surface area contributed by atoms with Crippen molar-refractivity contribution in [3.8, 4) is 22.8 Å². The third-order valence-corrected chi connectivity index (χ3v) is 8.36. The molecule has 3 N–H and O–H groups in total. The summed E-state index contributed by atoms with van der Waals surface area (Å²) in [6.07, 6.45) is 3.31. The van der Waals surface area contributed by atoms with E-state index in [0.29, 0.717) is 12.2 Å². The lowest BCUT2D eigenvalue weighted by molar-refractivity contribution is -0.141. The number of hydrogen-bond acceptors (Lipinski definition) is 7. The number of ether oxygens (including phenoxy) is 3. The van der Waals surface area contributed by atoms with Crippen molar-refractivity contribution in [3.63, 3.8) is 0 Å². The molecular weight excluding hydrogens is 560 g/mol. The number of primary amides is 1. The van der Waals surface area contributed by atoms with Crippen molar-refractivity contribution in [3.05, 3.63) is 54.1 Å². The summed E-state index contributed by atoms with van der Waals surface area (Å²) in [7, 11) is 1.66. The van der Waals surface area contributed by atoms with Gasteiger partial charge in [0.2, 0.25) is 11.8 Å². The van der Waals surface area contributed by atoms with Crippen LogP contribution in [-0.2, 0) is 20.7 Å². The van der Waals surface area contributed by atoms with E-state index in [0.717, 1.165) is 59.2 Å². The summed E-state index contributed by atoms with van der Waals surface area (Å²) in [4.78, 5) is 45.7. The molecule has 2 aromatic carbocycles. The fourth-order valence-electron chi connectivity index (χ4n) is 5.99. The van der Waals surface area contributed by atoms with E-state index >= 15 is 0 Å². The molecule has 3 heterocycles. The zero-order valence-electron chi connectivity index (χ0n) is 25.9. The Hall–Kier alpha value is -4.34. The van der Waals surface area contributed by atoms with Gasteiger partial charge in [-0.25, -0.2) is 9.78 Å². The number of alkyl carbamates (subject to hydrolysis) is 1. The van der Waals surface area contributed by atoms with E-state index in [4.69, 9.17) is 24.9 Å². The van der Waals surface area contributed by atoms with Gasteiger partial charge in [0.05, 0.1) is 31.5 Å². The summed E-state index contributed by atoms with van der Waals surface area (Å²) in [5, 5.41) is 3.58. The number of carbonyl (C=O) groups excluding carboxylic acids is 3. The molecular formula is C34H42N4O6. The second kappa shape index (κ2) is 13.1. The van der Waals surface area contributed by atoms with Gasteiger partial charge in [0, 0.05) is 29.5 Å². The zero-order chi connectivity index (χ0) is 31.4. The number of nitrogens with one attached hydrogen (secondary N) is 1. The fraction of sp³-hybridized carbons (Fsp3) is 0.471. The molecule has 2 aliphatic rings. The van der Waals surface area contributed by atoms with Crippen LogP contribution in [0.3, 0.4) is 0 Å². The Labute approximate surface area is 258 Å². The molecule has 234 valence electrons. The van der Waals surface area contributed by atoms with Gasteiger partial charge in [-0.15, -0.1) is 0 Å². The Balaban J connectivity index is 1.58. The third-order valence-electron chi connectivity index (χ3n) is 8.36. The molecule has 10 nitrogen and oxygen atoms in total. The number of rotatable bonds is 3. The first-order chi connectivity index (χ1) is 21.0. The zero-order valence-corrected chi connectivity index (χ0v) is 25.9. The normalized spacial score (nSPS) is 21.9. The summed E-state index contributed by atoms with van der Waals surface area (Å²) < 4.78 is 17.9. The summed E-state index contributed by atoms with van der Waals surface area (Å²) in [5.74, 6) is 0.330. The smallest absolute Gasteiger partial charge is 0.407 e. The van der Waals surface area contributed by atoms with Gasteiger partial charge in [0.25, 0.3) is 0 Å². The van der Waals surface area contributed by atoms with E-state index < -0.39 is 41.5 Å². The lowest BCUT2D eigenvalue weighted by Crippen LogP contribution is -2.57. The van der Waals surface area contributed by atoms with Crippen molar-refractivity contribution >= 4 is 28.8 Å². The van der Waals surface area contributed by atoms with Gasteiger partial charge in [0.1, 0.15) is 29.7 Å². The van der Waals surface area contributed by atoms with Gasteiger partial charge in [-0.3, -0.25) is 9.59 Å². The van der Waals surface area contributed by atoms with E-state index in [9.17, 15) is 14.4 Å². The topological polar surface area (TPSA) is 133 Å². The Bertz CT molecular complexity index is 1520. The minimum absolute atomic E-state index is 0.128. The van der Waals surface area contributed by atoms with E-state index in [1.807, 2.05) is 63.2 Å². The third kappa shape index (κ3) is 6.90. The molecule has 1 saturated heterocycles. The molecule has 3 atom stereocenters. The quantitative estimate of drug-likeness (QED) is 0.431. The molecule has 5 rings (SSSR count). The minimum atomic E-state index is -0.931. The number of amides is 3. The van der Waals surface area contributed by atoms with Crippen LogP contribution in [0.2, 0.25) is 0 Å². The molecule has 1 fully saturated rings. The molecule has 44 heavy (non-hydrogen) atoms. The Morgan fingerprint density at radius 2 is 1.82 bits per heavy atom. The first-order valence-corrected chi connectivity index (χ1v) is 15.3. The molecule has 0 radical (unpaired) electrons. The van der Waals surface area contributed by atoms with Crippen molar-refractivity contribution in [2.45, 2.75) is 77.5 Å². The van der Waals surface area contributed by atoms with Gasteiger partial charge >= 0.3 is 6.09 Å². The predicted molar refractivity (Wildman–Crippen MR) is 167 cm³/mol. The van der Waals surface area contributed by atoms with Crippen molar-refractivity contribution in [1.29, 1.82) is 0 Å². The summed E-state index contributed by atoms with van der Waals surface area (Å²) >= 11 is 0. The Morgan fingerprint density at radius 1 is 1.07 bits per heavy atom. The maximum Gasteiger partial charge on any atom is 0.407 e. The van der Waals surface area contributed by atoms with E-state index in [-0.39, 0.29) is 19.6 Å². The minimum Gasteiger partial charge on any atom is -0.496 e. The van der Waals surface area contributed by atoms with E-state index in [1.54, 1.807) is 7.11 Å². The lowest BCUT2D eigenvalue weighted by atomic mass is 9.85. The van der Waals surface area contributed by atoms with Crippen molar-refractivity contribution in [2.75, 3.05) is 20.3 Å². The van der Waals surface area contributed by atoms with Crippen molar-refractivity contribution in [2.24, 2.45) is 11.1 Å². The lowest BCUT2D eigenvalue weighted by Gasteiger charge is -2.34. The number of hydrogen-bond donors (Lipinski definition) is 2. The summed E-state index contributed by atoms with van der Waals surface area (Å²) in [6, 6.07) is 13.9. The maximum atomic E-state index is 14.0. The molecule has 0 aliphatic carbocycles. The van der Waals surface area contributed by atoms with E-state index in [1.165, 1.54) is 4.90 Å². The fourth-order valence-corrected chi connectivity index (χ4v) is 5.99. The molecule has 1 aromatic heterocycles. The number of carbonyl (C=O) groups is 3. The highest BCUT2D eigenvalue weighted by atomic mass is 16.5. The Morgan fingerprint density at radius 3 is 2.52 bits per heavy atom.